The lowest BCUT2D eigenvalue weighted by molar-refractivity contribution is -0.116. The Kier molecular flexibility index (Phi) is 5.57. The zero-order chi connectivity index (χ0) is 19.4. The molecule has 0 aliphatic rings. The maximum atomic E-state index is 12.6. The largest absolute Gasteiger partial charge is 0.331 e. The van der Waals surface area contributed by atoms with E-state index in [0.29, 0.717) is 17.3 Å². The van der Waals surface area contributed by atoms with Crippen molar-refractivity contribution in [2.75, 3.05) is 5.32 Å². The van der Waals surface area contributed by atoms with Gasteiger partial charge in [0.2, 0.25) is 5.91 Å². The van der Waals surface area contributed by atoms with Crippen molar-refractivity contribution in [1.82, 2.24) is 9.13 Å². The fraction of sp³-hybridized carbons (Fsp3) is 0.150. The molecule has 6 nitrogen and oxygen atoms in total. The summed E-state index contributed by atoms with van der Waals surface area (Å²) in [6.45, 7) is 1.79. The van der Waals surface area contributed by atoms with Gasteiger partial charge in [0.1, 0.15) is 6.54 Å². The SMILES string of the molecule is Cc1ccc(NC(=O)Cn2c(=O)ccn(Cc3ccccc3)c2=O)cc1Cl. The van der Waals surface area contributed by atoms with Crippen molar-refractivity contribution < 1.29 is 4.79 Å². The maximum Gasteiger partial charge on any atom is 0.331 e. The van der Waals surface area contributed by atoms with Crippen molar-refractivity contribution in [1.29, 1.82) is 0 Å². The summed E-state index contributed by atoms with van der Waals surface area (Å²) >= 11 is 6.05. The van der Waals surface area contributed by atoms with E-state index in [9.17, 15) is 14.4 Å². The molecule has 0 radical (unpaired) electrons. The highest BCUT2D eigenvalue weighted by atomic mass is 35.5. The van der Waals surface area contributed by atoms with Crippen molar-refractivity contribution in [2.24, 2.45) is 0 Å². The Morgan fingerprint density at radius 3 is 2.52 bits per heavy atom. The quantitative estimate of drug-likeness (QED) is 0.736. The maximum absolute atomic E-state index is 12.6. The summed E-state index contributed by atoms with van der Waals surface area (Å²) in [5.41, 5.74) is 1.25. The van der Waals surface area contributed by atoms with Crippen LogP contribution in [0.1, 0.15) is 11.1 Å². The van der Waals surface area contributed by atoms with Gasteiger partial charge in [-0.2, -0.15) is 0 Å². The molecule has 1 amide bonds. The molecule has 7 heteroatoms. The number of aromatic nitrogens is 2. The molecule has 1 N–H and O–H groups in total. The Balaban J connectivity index is 1.80. The smallest absolute Gasteiger partial charge is 0.324 e. The molecule has 0 aliphatic heterocycles. The summed E-state index contributed by atoms with van der Waals surface area (Å²) in [4.78, 5) is 37.0. The van der Waals surface area contributed by atoms with Crippen molar-refractivity contribution in [3.8, 4) is 0 Å². The molecule has 0 spiro atoms. The highest BCUT2D eigenvalue weighted by Crippen LogP contribution is 2.19. The van der Waals surface area contributed by atoms with E-state index in [1.165, 1.54) is 16.8 Å². The first-order valence-corrected chi connectivity index (χ1v) is 8.72. The molecule has 3 aromatic rings. The topological polar surface area (TPSA) is 73.1 Å². The van der Waals surface area contributed by atoms with E-state index in [1.54, 1.807) is 18.2 Å². The molecule has 2 aromatic carbocycles. The van der Waals surface area contributed by atoms with Crippen LogP contribution in [-0.4, -0.2) is 15.0 Å². The van der Waals surface area contributed by atoms with E-state index in [2.05, 4.69) is 5.32 Å². The first-order valence-electron chi connectivity index (χ1n) is 8.34. The second-order valence-electron chi connectivity index (χ2n) is 6.15. The lowest BCUT2D eigenvalue weighted by atomic mass is 10.2. The predicted octanol–water partition coefficient (Wildman–Crippen LogP) is 2.66. The van der Waals surface area contributed by atoms with Gasteiger partial charge in [0.15, 0.2) is 0 Å². The van der Waals surface area contributed by atoms with Gasteiger partial charge < -0.3 is 5.32 Å². The van der Waals surface area contributed by atoms with Crippen LogP contribution in [0.4, 0.5) is 5.69 Å². The normalized spacial score (nSPS) is 10.6. The molecular weight excluding hydrogens is 366 g/mol. The van der Waals surface area contributed by atoms with Gasteiger partial charge in [-0.3, -0.25) is 18.7 Å². The van der Waals surface area contributed by atoms with Gasteiger partial charge in [-0.1, -0.05) is 48.0 Å². The third kappa shape index (κ3) is 4.54. The number of benzene rings is 2. The number of carbonyl (C=O) groups excluding carboxylic acids is 1. The van der Waals surface area contributed by atoms with Crippen LogP contribution < -0.4 is 16.6 Å². The molecule has 1 aromatic heterocycles. The van der Waals surface area contributed by atoms with Crippen LogP contribution in [0.2, 0.25) is 5.02 Å². The van der Waals surface area contributed by atoms with E-state index in [-0.39, 0.29) is 6.54 Å². The molecule has 3 rings (SSSR count). The van der Waals surface area contributed by atoms with Crippen molar-refractivity contribution >= 4 is 23.2 Å². The minimum Gasteiger partial charge on any atom is -0.324 e. The average Bonchev–Trinajstić information content (AvgIpc) is 2.65. The van der Waals surface area contributed by atoms with Gasteiger partial charge in [-0.25, -0.2) is 4.79 Å². The molecule has 138 valence electrons. The zero-order valence-corrected chi connectivity index (χ0v) is 15.4. The summed E-state index contributed by atoms with van der Waals surface area (Å²) in [7, 11) is 0. The number of aryl methyl sites for hydroxylation is 1. The number of amides is 1. The number of hydrogen-bond donors (Lipinski definition) is 1. The number of rotatable bonds is 5. The Hall–Kier alpha value is -3.12. The molecule has 0 atom stereocenters. The van der Waals surface area contributed by atoms with Crippen molar-refractivity contribution in [3.05, 3.63) is 97.8 Å². The molecule has 0 bridgehead atoms. The van der Waals surface area contributed by atoms with Crippen LogP contribution >= 0.6 is 11.6 Å². The van der Waals surface area contributed by atoms with Gasteiger partial charge in [-0.05, 0) is 30.2 Å². The molecule has 0 fully saturated rings. The number of nitrogens with one attached hydrogen (secondary N) is 1. The van der Waals surface area contributed by atoms with Gasteiger partial charge in [0.25, 0.3) is 5.56 Å². The second-order valence-corrected chi connectivity index (χ2v) is 6.56. The lowest BCUT2D eigenvalue weighted by Crippen LogP contribution is -2.41. The molecule has 1 heterocycles. The molecule has 0 unspecified atom stereocenters. The van der Waals surface area contributed by atoms with Gasteiger partial charge in [0, 0.05) is 23.0 Å². The Labute approximate surface area is 160 Å². The Morgan fingerprint density at radius 1 is 1.07 bits per heavy atom. The first-order chi connectivity index (χ1) is 12.9. The molecule has 0 aliphatic carbocycles. The summed E-state index contributed by atoms with van der Waals surface area (Å²) in [6.07, 6.45) is 1.44. The summed E-state index contributed by atoms with van der Waals surface area (Å²) in [5.74, 6) is -0.480. The van der Waals surface area contributed by atoms with E-state index < -0.39 is 17.2 Å². The summed E-state index contributed by atoms with van der Waals surface area (Å²) in [6, 6.07) is 15.8. The average molecular weight is 384 g/mol. The number of carbonyl (C=O) groups is 1. The van der Waals surface area contributed by atoms with Crippen LogP contribution in [0.15, 0.2) is 70.4 Å². The van der Waals surface area contributed by atoms with Crippen molar-refractivity contribution in [3.63, 3.8) is 0 Å². The molecular formula is C20H18ClN3O3. The minimum absolute atomic E-state index is 0.315. The Bertz CT molecular complexity index is 1090. The zero-order valence-electron chi connectivity index (χ0n) is 14.7. The lowest BCUT2D eigenvalue weighted by Gasteiger charge is -2.11. The number of halogens is 1. The van der Waals surface area contributed by atoms with Crippen LogP contribution in [0, 0.1) is 6.92 Å². The number of hydrogen-bond acceptors (Lipinski definition) is 3. The van der Waals surface area contributed by atoms with Crippen LogP contribution in [0.5, 0.6) is 0 Å². The number of anilines is 1. The van der Waals surface area contributed by atoms with Gasteiger partial charge in [0.05, 0.1) is 6.54 Å². The highest BCUT2D eigenvalue weighted by Gasteiger charge is 2.11. The highest BCUT2D eigenvalue weighted by molar-refractivity contribution is 6.31. The summed E-state index contributed by atoms with van der Waals surface area (Å²) < 4.78 is 2.31. The number of nitrogens with zero attached hydrogens (tertiary/aromatic N) is 2. The monoisotopic (exact) mass is 383 g/mol. The Morgan fingerprint density at radius 2 is 1.81 bits per heavy atom. The molecule has 27 heavy (non-hydrogen) atoms. The molecule has 0 saturated heterocycles. The van der Waals surface area contributed by atoms with Crippen LogP contribution in [-0.2, 0) is 17.9 Å². The fourth-order valence-corrected chi connectivity index (χ4v) is 2.80. The van der Waals surface area contributed by atoms with E-state index in [0.717, 1.165) is 15.7 Å². The van der Waals surface area contributed by atoms with Crippen molar-refractivity contribution in [2.45, 2.75) is 20.0 Å². The van der Waals surface area contributed by atoms with E-state index in [1.807, 2.05) is 37.3 Å². The van der Waals surface area contributed by atoms with E-state index >= 15 is 0 Å². The minimum atomic E-state index is -0.538. The molecule has 0 saturated carbocycles. The third-order valence-corrected chi connectivity index (χ3v) is 4.50. The summed E-state index contributed by atoms with van der Waals surface area (Å²) in [5, 5.41) is 3.17. The van der Waals surface area contributed by atoms with E-state index in [4.69, 9.17) is 11.6 Å². The van der Waals surface area contributed by atoms with Crippen LogP contribution in [0.3, 0.4) is 0 Å². The fourth-order valence-electron chi connectivity index (χ4n) is 2.62. The van der Waals surface area contributed by atoms with Gasteiger partial charge in [-0.15, -0.1) is 0 Å². The second kappa shape index (κ2) is 8.05. The van der Waals surface area contributed by atoms with Crippen LogP contribution in [0.25, 0.3) is 0 Å². The standard InChI is InChI=1S/C20H18ClN3O3/c1-14-7-8-16(11-17(14)21)22-18(25)13-24-19(26)9-10-23(20(24)27)12-15-5-3-2-4-6-15/h2-11H,12-13H2,1H3,(H,22,25). The first kappa shape index (κ1) is 18.7. The van der Waals surface area contributed by atoms with Gasteiger partial charge >= 0.3 is 5.69 Å². The third-order valence-electron chi connectivity index (χ3n) is 4.09. The predicted molar refractivity (Wildman–Crippen MR) is 105 cm³/mol.